The fourth-order valence-corrected chi connectivity index (χ4v) is 1.44. The number of hydrogen-bond acceptors (Lipinski definition) is 1. The van der Waals surface area contributed by atoms with E-state index in [1.54, 1.807) is 4.68 Å². The van der Waals surface area contributed by atoms with Crippen molar-refractivity contribution in [3.63, 3.8) is 0 Å². The summed E-state index contributed by atoms with van der Waals surface area (Å²) in [5, 5.41) is 5.08. The lowest BCUT2D eigenvalue weighted by molar-refractivity contribution is 0.744. The maximum absolute atomic E-state index is 5.90. The smallest absolute Gasteiger partial charge is 0.0841 e. The average molecular weight is 157 g/mol. The molecule has 2 rings (SSSR count). The third-order valence-electron chi connectivity index (χ3n) is 1.77. The van der Waals surface area contributed by atoms with Crippen molar-refractivity contribution in [2.75, 3.05) is 0 Å². The molecule has 0 bridgehead atoms. The molecule has 1 saturated carbocycles. The maximum atomic E-state index is 5.90. The van der Waals surface area contributed by atoms with Gasteiger partial charge in [0.1, 0.15) is 0 Å². The van der Waals surface area contributed by atoms with Gasteiger partial charge >= 0.3 is 0 Å². The van der Waals surface area contributed by atoms with Gasteiger partial charge in [0.25, 0.3) is 0 Å². The first-order chi connectivity index (χ1) is 4.77. The SMILES string of the molecule is Cn1cc(Cl)c(C2CC2)n1. The topological polar surface area (TPSA) is 17.8 Å². The van der Waals surface area contributed by atoms with E-state index in [9.17, 15) is 0 Å². The van der Waals surface area contributed by atoms with E-state index in [1.165, 1.54) is 12.8 Å². The minimum atomic E-state index is 0.661. The molecule has 0 amide bonds. The molecule has 1 heterocycles. The number of rotatable bonds is 1. The average Bonchev–Trinajstić information content (AvgIpc) is 2.61. The van der Waals surface area contributed by atoms with E-state index >= 15 is 0 Å². The Morgan fingerprint density at radius 2 is 2.40 bits per heavy atom. The van der Waals surface area contributed by atoms with Crippen molar-refractivity contribution in [3.8, 4) is 0 Å². The number of aromatic nitrogens is 2. The molecule has 1 aliphatic rings. The van der Waals surface area contributed by atoms with Crippen LogP contribution in [0.4, 0.5) is 0 Å². The molecule has 0 saturated heterocycles. The highest BCUT2D eigenvalue weighted by Gasteiger charge is 2.28. The Morgan fingerprint density at radius 1 is 1.70 bits per heavy atom. The van der Waals surface area contributed by atoms with Gasteiger partial charge in [-0.25, -0.2) is 0 Å². The molecule has 0 unspecified atom stereocenters. The fourth-order valence-electron chi connectivity index (χ4n) is 1.11. The van der Waals surface area contributed by atoms with Crippen LogP contribution in [0.2, 0.25) is 5.02 Å². The molecule has 0 aliphatic heterocycles. The summed E-state index contributed by atoms with van der Waals surface area (Å²) in [6.07, 6.45) is 4.38. The second-order valence-electron chi connectivity index (χ2n) is 2.81. The fraction of sp³-hybridized carbons (Fsp3) is 0.571. The van der Waals surface area contributed by atoms with Gasteiger partial charge in [0.15, 0.2) is 0 Å². The van der Waals surface area contributed by atoms with E-state index in [-0.39, 0.29) is 0 Å². The third kappa shape index (κ3) is 0.926. The summed E-state index contributed by atoms with van der Waals surface area (Å²) in [7, 11) is 1.90. The Balaban J connectivity index is 2.38. The first-order valence-corrected chi connectivity index (χ1v) is 3.84. The molecule has 1 fully saturated rings. The van der Waals surface area contributed by atoms with Crippen LogP contribution in [-0.2, 0) is 7.05 Å². The summed E-state index contributed by atoms with van der Waals surface area (Å²) in [4.78, 5) is 0. The van der Waals surface area contributed by atoms with Crippen LogP contribution in [0, 0.1) is 0 Å². The van der Waals surface area contributed by atoms with Crippen molar-refractivity contribution in [2.24, 2.45) is 7.05 Å². The van der Waals surface area contributed by atoms with Crippen molar-refractivity contribution >= 4 is 11.6 Å². The molecule has 1 aromatic heterocycles. The van der Waals surface area contributed by atoms with Gasteiger partial charge in [0, 0.05) is 19.2 Å². The van der Waals surface area contributed by atoms with Crippen molar-refractivity contribution in [1.82, 2.24) is 9.78 Å². The van der Waals surface area contributed by atoms with Crippen molar-refractivity contribution < 1.29 is 0 Å². The summed E-state index contributed by atoms with van der Waals surface area (Å²) in [6.45, 7) is 0. The van der Waals surface area contributed by atoms with Crippen LogP contribution in [0.25, 0.3) is 0 Å². The summed E-state index contributed by atoms with van der Waals surface area (Å²) >= 11 is 5.90. The summed E-state index contributed by atoms with van der Waals surface area (Å²) in [6, 6.07) is 0. The summed E-state index contributed by atoms with van der Waals surface area (Å²) in [5.41, 5.74) is 1.09. The monoisotopic (exact) mass is 156 g/mol. The van der Waals surface area contributed by atoms with Gasteiger partial charge in [-0.15, -0.1) is 0 Å². The van der Waals surface area contributed by atoms with Crippen LogP contribution in [0.3, 0.4) is 0 Å². The van der Waals surface area contributed by atoms with Crippen LogP contribution in [0.1, 0.15) is 24.5 Å². The van der Waals surface area contributed by atoms with Gasteiger partial charge in [-0.1, -0.05) is 11.6 Å². The maximum Gasteiger partial charge on any atom is 0.0841 e. The van der Waals surface area contributed by atoms with Gasteiger partial charge in [-0.2, -0.15) is 5.10 Å². The Hall–Kier alpha value is -0.500. The van der Waals surface area contributed by atoms with Crippen LogP contribution in [0.5, 0.6) is 0 Å². The molecule has 0 aromatic carbocycles. The van der Waals surface area contributed by atoms with Crippen LogP contribution < -0.4 is 0 Å². The van der Waals surface area contributed by atoms with Gasteiger partial charge in [0.2, 0.25) is 0 Å². The van der Waals surface area contributed by atoms with E-state index in [0.717, 1.165) is 10.7 Å². The van der Waals surface area contributed by atoms with E-state index in [4.69, 9.17) is 11.6 Å². The Morgan fingerprint density at radius 3 is 2.80 bits per heavy atom. The molecular formula is C7H9ClN2. The lowest BCUT2D eigenvalue weighted by Gasteiger charge is -1.87. The zero-order valence-electron chi connectivity index (χ0n) is 5.84. The molecule has 1 aliphatic carbocycles. The minimum Gasteiger partial charge on any atom is -0.274 e. The second-order valence-corrected chi connectivity index (χ2v) is 3.22. The molecule has 54 valence electrons. The van der Waals surface area contributed by atoms with E-state index in [0.29, 0.717) is 5.92 Å². The Kier molecular flexibility index (Phi) is 1.24. The largest absolute Gasteiger partial charge is 0.274 e. The Bertz CT molecular complexity index is 250. The molecule has 0 spiro atoms. The minimum absolute atomic E-state index is 0.661. The molecule has 3 heteroatoms. The summed E-state index contributed by atoms with van der Waals surface area (Å²) < 4.78 is 1.77. The predicted octanol–water partition coefficient (Wildman–Crippen LogP) is 1.95. The molecule has 0 N–H and O–H groups in total. The third-order valence-corrected chi connectivity index (χ3v) is 2.07. The normalized spacial score (nSPS) is 17.8. The summed E-state index contributed by atoms with van der Waals surface area (Å²) in [5.74, 6) is 0.661. The number of aryl methyl sites for hydroxylation is 1. The van der Waals surface area contributed by atoms with E-state index < -0.39 is 0 Å². The first-order valence-electron chi connectivity index (χ1n) is 3.46. The molecule has 10 heavy (non-hydrogen) atoms. The van der Waals surface area contributed by atoms with Crippen LogP contribution >= 0.6 is 11.6 Å². The lowest BCUT2D eigenvalue weighted by Crippen LogP contribution is -1.88. The zero-order valence-corrected chi connectivity index (χ0v) is 6.60. The quantitative estimate of drug-likeness (QED) is 0.608. The van der Waals surface area contributed by atoms with Crippen molar-refractivity contribution in [2.45, 2.75) is 18.8 Å². The van der Waals surface area contributed by atoms with Gasteiger partial charge in [-0.3, -0.25) is 4.68 Å². The number of nitrogens with zero attached hydrogens (tertiary/aromatic N) is 2. The van der Waals surface area contributed by atoms with E-state index in [1.807, 2.05) is 13.2 Å². The Labute approximate surface area is 64.8 Å². The van der Waals surface area contributed by atoms with Crippen molar-refractivity contribution in [1.29, 1.82) is 0 Å². The second kappa shape index (κ2) is 1.99. The van der Waals surface area contributed by atoms with E-state index in [2.05, 4.69) is 5.10 Å². The lowest BCUT2D eigenvalue weighted by atomic mass is 10.3. The molecular weight excluding hydrogens is 148 g/mol. The molecule has 2 nitrogen and oxygen atoms in total. The highest BCUT2D eigenvalue weighted by Crippen LogP contribution is 2.41. The molecule has 0 atom stereocenters. The predicted molar refractivity (Wildman–Crippen MR) is 40.2 cm³/mol. The van der Waals surface area contributed by atoms with Gasteiger partial charge in [0.05, 0.1) is 10.7 Å². The van der Waals surface area contributed by atoms with Crippen LogP contribution in [0.15, 0.2) is 6.20 Å². The van der Waals surface area contributed by atoms with Crippen LogP contribution in [-0.4, -0.2) is 9.78 Å². The highest BCUT2D eigenvalue weighted by atomic mass is 35.5. The number of hydrogen-bond donors (Lipinski definition) is 0. The zero-order chi connectivity index (χ0) is 7.14. The molecule has 0 radical (unpaired) electrons. The van der Waals surface area contributed by atoms with Gasteiger partial charge < -0.3 is 0 Å². The number of halogens is 1. The standard InChI is InChI=1S/C7H9ClN2/c1-10-4-6(8)7(9-10)5-2-3-5/h4-5H,2-3H2,1H3. The van der Waals surface area contributed by atoms with Crippen molar-refractivity contribution in [3.05, 3.63) is 16.9 Å². The van der Waals surface area contributed by atoms with Gasteiger partial charge in [-0.05, 0) is 12.8 Å². The molecule has 1 aromatic rings. The highest BCUT2D eigenvalue weighted by molar-refractivity contribution is 6.31. The first kappa shape index (κ1) is 6.23.